The van der Waals surface area contributed by atoms with E-state index >= 15 is 0 Å². The zero-order valence-corrected chi connectivity index (χ0v) is 11.5. The summed E-state index contributed by atoms with van der Waals surface area (Å²) in [4.78, 5) is 32.2. The molecular weight excluding hydrogens is 274 g/mol. The summed E-state index contributed by atoms with van der Waals surface area (Å²) in [7, 11) is 1.27. The molecule has 0 aromatic carbocycles. The van der Waals surface area contributed by atoms with Gasteiger partial charge in [0.2, 0.25) is 5.91 Å². The highest BCUT2D eigenvalue weighted by atomic mass is 16.5. The average molecular weight is 289 g/mol. The molecule has 0 N–H and O–H groups in total. The van der Waals surface area contributed by atoms with E-state index in [2.05, 4.69) is 15.0 Å². The summed E-state index contributed by atoms with van der Waals surface area (Å²) in [6, 6.07) is 2.43. The Hall–Kier alpha value is -2.60. The van der Waals surface area contributed by atoms with Crippen LogP contribution >= 0.6 is 0 Å². The molecule has 8 heteroatoms. The van der Waals surface area contributed by atoms with Crippen LogP contribution in [0.3, 0.4) is 0 Å². The van der Waals surface area contributed by atoms with E-state index < -0.39 is 18.1 Å². The molecule has 1 aromatic heterocycles. The number of nitrogens with zero attached hydrogens (tertiary/aromatic N) is 5. The molecule has 1 aliphatic heterocycles. The van der Waals surface area contributed by atoms with Gasteiger partial charge in [-0.25, -0.2) is 4.79 Å². The van der Waals surface area contributed by atoms with Gasteiger partial charge in [0.25, 0.3) is 0 Å². The Morgan fingerprint density at radius 3 is 3.05 bits per heavy atom. The molecule has 8 nitrogen and oxygen atoms in total. The number of hydrogen-bond donors (Lipinski definition) is 0. The number of azide groups is 1. The lowest BCUT2D eigenvalue weighted by Crippen LogP contribution is -2.42. The van der Waals surface area contributed by atoms with Crippen LogP contribution in [0.1, 0.15) is 12.0 Å². The van der Waals surface area contributed by atoms with Crippen LogP contribution < -0.4 is 0 Å². The third-order valence-electron chi connectivity index (χ3n) is 3.37. The van der Waals surface area contributed by atoms with Crippen molar-refractivity contribution in [3.63, 3.8) is 0 Å². The Morgan fingerprint density at radius 1 is 1.62 bits per heavy atom. The molecule has 110 valence electrons. The molecule has 1 aliphatic rings. The Balaban J connectivity index is 2.12. The van der Waals surface area contributed by atoms with Gasteiger partial charge < -0.3 is 9.64 Å². The summed E-state index contributed by atoms with van der Waals surface area (Å²) >= 11 is 0. The predicted octanol–water partition coefficient (Wildman–Crippen LogP) is 1.08. The molecule has 2 rings (SSSR count). The van der Waals surface area contributed by atoms with E-state index in [-0.39, 0.29) is 25.3 Å². The second kappa shape index (κ2) is 6.71. The van der Waals surface area contributed by atoms with Crippen molar-refractivity contribution in [1.82, 2.24) is 9.88 Å². The summed E-state index contributed by atoms with van der Waals surface area (Å²) in [5.74, 6) is -0.709. The highest BCUT2D eigenvalue weighted by Gasteiger charge is 2.39. The third-order valence-corrected chi connectivity index (χ3v) is 3.37. The van der Waals surface area contributed by atoms with Crippen LogP contribution in [-0.4, -0.2) is 47.5 Å². The summed E-state index contributed by atoms with van der Waals surface area (Å²) in [5, 5.41) is 3.60. The number of pyridine rings is 1. The number of carbonyl (C=O) groups excluding carboxylic acids is 2. The van der Waals surface area contributed by atoms with Crippen molar-refractivity contribution >= 4 is 11.9 Å². The molecule has 0 aliphatic carbocycles. The summed E-state index contributed by atoms with van der Waals surface area (Å²) in [6.45, 7) is 0.225. The lowest BCUT2D eigenvalue weighted by molar-refractivity contribution is -0.150. The van der Waals surface area contributed by atoms with E-state index in [1.165, 1.54) is 12.0 Å². The number of amides is 1. The second-order valence-electron chi connectivity index (χ2n) is 4.72. The first-order valence-corrected chi connectivity index (χ1v) is 6.46. The van der Waals surface area contributed by atoms with Gasteiger partial charge in [0.1, 0.15) is 6.04 Å². The first kappa shape index (κ1) is 14.8. The Kier molecular flexibility index (Phi) is 4.73. The molecule has 0 spiro atoms. The number of hydrogen-bond acceptors (Lipinski definition) is 5. The SMILES string of the molecule is COC(=O)[C@@H]1C[C@H](N=[N+]=[N-])CN1C(=O)Cc1cccnc1. The van der Waals surface area contributed by atoms with Gasteiger partial charge in [-0.3, -0.25) is 9.78 Å². The minimum absolute atomic E-state index is 0.143. The second-order valence-corrected chi connectivity index (χ2v) is 4.72. The maximum atomic E-state index is 12.4. The quantitative estimate of drug-likeness (QED) is 0.357. The minimum atomic E-state index is -0.699. The molecule has 2 atom stereocenters. The first-order valence-electron chi connectivity index (χ1n) is 6.46. The third kappa shape index (κ3) is 3.49. The van der Waals surface area contributed by atoms with E-state index in [0.29, 0.717) is 0 Å². The van der Waals surface area contributed by atoms with Crippen LogP contribution in [-0.2, 0) is 20.7 Å². The lowest BCUT2D eigenvalue weighted by atomic mass is 10.1. The van der Waals surface area contributed by atoms with Gasteiger partial charge in [-0.15, -0.1) is 0 Å². The van der Waals surface area contributed by atoms with Crippen LogP contribution in [0.2, 0.25) is 0 Å². The molecule has 21 heavy (non-hydrogen) atoms. The Morgan fingerprint density at radius 2 is 2.43 bits per heavy atom. The fourth-order valence-corrected chi connectivity index (χ4v) is 2.38. The average Bonchev–Trinajstić information content (AvgIpc) is 2.92. The number of likely N-dealkylation sites (tertiary alicyclic amines) is 1. The predicted molar refractivity (Wildman–Crippen MR) is 73.0 cm³/mol. The molecule has 1 aromatic rings. The van der Waals surface area contributed by atoms with Crippen molar-refractivity contribution in [1.29, 1.82) is 0 Å². The molecule has 0 bridgehead atoms. The van der Waals surface area contributed by atoms with Crippen molar-refractivity contribution in [2.75, 3.05) is 13.7 Å². The molecule has 0 unspecified atom stereocenters. The number of ether oxygens (including phenoxy) is 1. The van der Waals surface area contributed by atoms with Gasteiger partial charge >= 0.3 is 5.97 Å². The largest absolute Gasteiger partial charge is 0.467 e. The van der Waals surface area contributed by atoms with Crippen molar-refractivity contribution in [3.05, 3.63) is 40.5 Å². The fourth-order valence-electron chi connectivity index (χ4n) is 2.38. The van der Waals surface area contributed by atoms with Gasteiger partial charge in [0, 0.05) is 23.9 Å². The van der Waals surface area contributed by atoms with Crippen molar-refractivity contribution < 1.29 is 14.3 Å². The molecule has 1 fully saturated rings. The maximum absolute atomic E-state index is 12.4. The van der Waals surface area contributed by atoms with Gasteiger partial charge in [-0.05, 0) is 23.6 Å². The van der Waals surface area contributed by atoms with Crippen molar-refractivity contribution in [2.45, 2.75) is 24.9 Å². The van der Waals surface area contributed by atoms with Crippen molar-refractivity contribution in [3.8, 4) is 0 Å². The van der Waals surface area contributed by atoms with E-state index in [4.69, 9.17) is 10.3 Å². The molecule has 0 radical (unpaired) electrons. The number of esters is 1. The van der Waals surface area contributed by atoms with E-state index in [1.807, 2.05) is 0 Å². The number of carbonyl (C=O) groups is 2. The highest BCUT2D eigenvalue weighted by molar-refractivity contribution is 5.86. The van der Waals surface area contributed by atoms with Crippen LogP contribution in [0.15, 0.2) is 29.6 Å². The van der Waals surface area contributed by atoms with E-state index in [0.717, 1.165) is 5.56 Å². The summed E-state index contributed by atoms with van der Waals surface area (Å²) in [6.07, 6.45) is 3.66. The van der Waals surface area contributed by atoms with Crippen molar-refractivity contribution in [2.24, 2.45) is 5.11 Å². The van der Waals surface area contributed by atoms with Gasteiger partial charge in [0.05, 0.1) is 19.6 Å². The molecule has 0 saturated carbocycles. The Bertz CT molecular complexity index is 570. The first-order chi connectivity index (χ1) is 10.2. The van der Waals surface area contributed by atoms with Crippen LogP contribution in [0.25, 0.3) is 10.4 Å². The smallest absolute Gasteiger partial charge is 0.328 e. The normalized spacial score (nSPS) is 20.7. The van der Waals surface area contributed by atoms with E-state index in [1.54, 1.807) is 24.5 Å². The van der Waals surface area contributed by atoms with Gasteiger partial charge in [-0.1, -0.05) is 11.2 Å². The van der Waals surface area contributed by atoms with Crippen LogP contribution in [0, 0.1) is 0 Å². The standard InChI is InChI=1S/C13H15N5O3/c1-21-13(20)11-6-10(16-17-14)8-18(11)12(19)5-9-3-2-4-15-7-9/h2-4,7,10-11H,5-6,8H2,1H3/t10-,11-/m0/s1. The van der Waals surface area contributed by atoms with Gasteiger partial charge in [0.15, 0.2) is 0 Å². The fraction of sp³-hybridized carbons (Fsp3) is 0.462. The summed E-state index contributed by atoms with van der Waals surface area (Å²) in [5.41, 5.74) is 9.26. The topological polar surface area (TPSA) is 108 Å². The monoisotopic (exact) mass is 289 g/mol. The Labute approximate surface area is 121 Å². The maximum Gasteiger partial charge on any atom is 0.328 e. The molecule has 1 amide bonds. The van der Waals surface area contributed by atoms with Crippen LogP contribution in [0.4, 0.5) is 0 Å². The summed E-state index contributed by atoms with van der Waals surface area (Å²) < 4.78 is 4.71. The highest BCUT2D eigenvalue weighted by Crippen LogP contribution is 2.22. The molecular formula is C13H15N5O3. The van der Waals surface area contributed by atoms with Crippen LogP contribution in [0.5, 0.6) is 0 Å². The van der Waals surface area contributed by atoms with E-state index in [9.17, 15) is 9.59 Å². The molecule has 1 saturated heterocycles. The molecule has 2 heterocycles. The minimum Gasteiger partial charge on any atom is -0.467 e. The number of methoxy groups -OCH3 is 1. The number of aromatic nitrogens is 1. The van der Waals surface area contributed by atoms with Gasteiger partial charge in [-0.2, -0.15) is 0 Å². The lowest BCUT2D eigenvalue weighted by Gasteiger charge is -2.22. The zero-order chi connectivity index (χ0) is 15.2. The number of rotatable bonds is 4. The zero-order valence-electron chi connectivity index (χ0n) is 11.5.